The van der Waals surface area contributed by atoms with Gasteiger partial charge in [0.15, 0.2) is 6.10 Å². The van der Waals surface area contributed by atoms with E-state index in [1.54, 1.807) is 6.92 Å². The maximum absolute atomic E-state index is 13.2. The van der Waals surface area contributed by atoms with Crippen LogP contribution in [0.25, 0.3) is 5.69 Å². The van der Waals surface area contributed by atoms with E-state index in [2.05, 4.69) is 29.2 Å². The zero-order chi connectivity index (χ0) is 23.3. The van der Waals surface area contributed by atoms with Crippen molar-refractivity contribution in [3.05, 3.63) is 76.3 Å². The van der Waals surface area contributed by atoms with Gasteiger partial charge < -0.3 is 15.0 Å². The molecule has 0 fully saturated rings. The van der Waals surface area contributed by atoms with Crippen LogP contribution in [-0.2, 0) is 4.79 Å². The van der Waals surface area contributed by atoms with Gasteiger partial charge in [-0.15, -0.1) is 5.10 Å². The van der Waals surface area contributed by atoms with E-state index in [-0.39, 0.29) is 11.8 Å². The van der Waals surface area contributed by atoms with E-state index in [4.69, 9.17) is 4.74 Å². The Labute approximate surface area is 186 Å². The summed E-state index contributed by atoms with van der Waals surface area (Å²) >= 11 is 0. The number of ether oxygens (including phenoxy) is 1. The number of carbonyl (C=O) groups excluding carboxylic acids is 1. The molecule has 0 saturated carbocycles. The van der Waals surface area contributed by atoms with Gasteiger partial charge in [0, 0.05) is 36.6 Å². The van der Waals surface area contributed by atoms with Gasteiger partial charge in [-0.2, -0.15) is 4.68 Å². The molecule has 0 spiro atoms. The molecule has 0 aliphatic rings. The first-order chi connectivity index (χ1) is 15.3. The number of carbonyl (C=O) groups is 1. The Morgan fingerprint density at radius 1 is 1.12 bits per heavy atom. The van der Waals surface area contributed by atoms with Crippen LogP contribution in [0.4, 0.5) is 15.8 Å². The topological polar surface area (TPSA) is 76.5 Å². The molecule has 2 aromatic carbocycles. The number of halogens is 1. The van der Waals surface area contributed by atoms with E-state index < -0.39 is 17.5 Å². The molecule has 32 heavy (non-hydrogen) atoms. The lowest BCUT2D eigenvalue weighted by atomic mass is 10.1. The maximum atomic E-state index is 13.2. The predicted octanol–water partition coefficient (Wildman–Crippen LogP) is 3.93. The van der Waals surface area contributed by atoms with Crippen LogP contribution in [0.1, 0.15) is 26.3 Å². The van der Waals surface area contributed by atoms with Crippen LogP contribution in [0, 0.1) is 12.7 Å². The summed E-state index contributed by atoms with van der Waals surface area (Å²) in [5, 5.41) is 7.02. The molecule has 1 heterocycles. The van der Waals surface area contributed by atoms with Gasteiger partial charge >= 0.3 is 0 Å². The van der Waals surface area contributed by atoms with E-state index in [0.717, 1.165) is 29.0 Å². The second kappa shape index (κ2) is 10.1. The molecule has 168 valence electrons. The number of amides is 1. The zero-order valence-electron chi connectivity index (χ0n) is 18.6. The first kappa shape index (κ1) is 23.0. The van der Waals surface area contributed by atoms with Gasteiger partial charge in [0.25, 0.3) is 11.5 Å². The van der Waals surface area contributed by atoms with Gasteiger partial charge in [-0.05, 0) is 75.7 Å². The Hall–Kier alpha value is -3.68. The van der Waals surface area contributed by atoms with Gasteiger partial charge in [-0.3, -0.25) is 9.59 Å². The Bertz CT molecular complexity index is 1140. The molecule has 0 radical (unpaired) electrons. The number of benzene rings is 2. The molecule has 1 N–H and O–H groups in total. The fourth-order valence-corrected chi connectivity index (χ4v) is 3.27. The Morgan fingerprint density at radius 3 is 2.44 bits per heavy atom. The summed E-state index contributed by atoms with van der Waals surface area (Å²) in [5.41, 5.74) is 2.73. The van der Waals surface area contributed by atoms with Crippen LogP contribution in [0.3, 0.4) is 0 Å². The van der Waals surface area contributed by atoms with Crippen LogP contribution in [0.2, 0.25) is 0 Å². The zero-order valence-corrected chi connectivity index (χ0v) is 18.6. The van der Waals surface area contributed by atoms with Gasteiger partial charge in [0.2, 0.25) is 5.88 Å². The minimum absolute atomic E-state index is 0.102. The highest BCUT2D eigenvalue weighted by molar-refractivity contribution is 5.95. The number of nitrogens with one attached hydrogen (secondary N) is 1. The fourth-order valence-electron chi connectivity index (χ4n) is 3.27. The maximum Gasteiger partial charge on any atom is 0.271 e. The van der Waals surface area contributed by atoms with Crippen LogP contribution in [-0.4, -0.2) is 34.9 Å². The third-order valence-electron chi connectivity index (χ3n) is 5.11. The fraction of sp³-hybridized carbons (Fsp3) is 0.292. The molecule has 1 aromatic heterocycles. The van der Waals surface area contributed by atoms with Crippen LogP contribution < -0.4 is 20.5 Å². The highest BCUT2D eigenvalue weighted by Crippen LogP contribution is 2.23. The van der Waals surface area contributed by atoms with Crippen molar-refractivity contribution in [1.29, 1.82) is 0 Å². The Morgan fingerprint density at radius 2 is 1.81 bits per heavy atom. The largest absolute Gasteiger partial charge is 0.463 e. The van der Waals surface area contributed by atoms with E-state index in [0.29, 0.717) is 11.4 Å². The van der Waals surface area contributed by atoms with Crippen molar-refractivity contribution in [2.45, 2.75) is 33.8 Å². The number of rotatable bonds is 8. The highest BCUT2D eigenvalue weighted by Gasteiger charge is 2.17. The standard InChI is InChI=1S/C24H27FN4O3/c1-5-28(6-2)20-11-12-21(16(3)15-20)26-24(31)17(4)32-22-13-14-23(30)29(27-22)19-9-7-18(25)8-10-19/h7-15,17H,5-6H2,1-4H3,(H,26,31)/t17-/m0/s1. The summed E-state index contributed by atoms with van der Waals surface area (Å²) < 4.78 is 19.9. The molecular weight excluding hydrogens is 411 g/mol. The average Bonchev–Trinajstić information content (AvgIpc) is 2.78. The van der Waals surface area contributed by atoms with Crippen molar-refractivity contribution in [1.82, 2.24) is 9.78 Å². The third-order valence-corrected chi connectivity index (χ3v) is 5.11. The summed E-state index contributed by atoms with van der Waals surface area (Å²) in [7, 11) is 0. The highest BCUT2D eigenvalue weighted by atomic mass is 19.1. The van der Waals surface area contributed by atoms with Gasteiger partial charge in [-0.25, -0.2) is 4.39 Å². The molecule has 1 atom stereocenters. The molecule has 3 aromatic rings. The number of nitrogens with zero attached hydrogens (tertiary/aromatic N) is 3. The minimum atomic E-state index is -0.858. The van der Waals surface area contributed by atoms with Crippen LogP contribution in [0.15, 0.2) is 59.4 Å². The van der Waals surface area contributed by atoms with E-state index in [1.807, 2.05) is 25.1 Å². The molecule has 0 bridgehead atoms. The van der Waals surface area contributed by atoms with Crippen molar-refractivity contribution in [2.75, 3.05) is 23.3 Å². The first-order valence-electron chi connectivity index (χ1n) is 10.5. The van der Waals surface area contributed by atoms with Crippen molar-refractivity contribution in [2.24, 2.45) is 0 Å². The molecule has 0 aliphatic heterocycles. The number of hydrogen-bond donors (Lipinski definition) is 1. The summed E-state index contributed by atoms with van der Waals surface area (Å²) in [6, 6.07) is 13.9. The molecule has 0 aliphatic carbocycles. The lowest BCUT2D eigenvalue weighted by molar-refractivity contribution is -0.122. The molecule has 8 heteroatoms. The van der Waals surface area contributed by atoms with Gasteiger partial charge in [-0.1, -0.05) is 0 Å². The summed E-state index contributed by atoms with van der Waals surface area (Å²) in [6.07, 6.45) is -0.858. The number of aromatic nitrogens is 2. The summed E-state index contributed by atoms with van der Waals surface area (Å²) in [4.78, 5) is 27.0. The molecule has 0 saturated heterocycles. The monoisotopic (exact) mass is 438 g/mol. The smallest absolute Gasteiger partial charge is 0.271 e. The number of anilines is 2. The second-order valence-corrected chi connectivity index (χ2v) is 7.32. The Balaban J connectivity index is 1.71. The lowest BCUT2D eigenvalue weighted by Gasteiger charge is -2.22. The molecule has 1 amide bonds. The van der Waals surface area contributed by atoms with E-state index in [9.17, 15) is 14.0 Å². The Kier molecular flexibility index (Phi) is 7.25. The molecule has 7 nitrogen and oxygen atoms in total. The normalized spacial score (nSPS) is 11.7. The van der Waals surface area contributed by atoms with E-state index >= 15 is 0 Å². The van der Waals surface area contributed by atoms with Crippen LogP contribution >= 0.6 is 0 Å². The first-order valence-corrected chi connectivity index (χ1v) is 10.5. The molecule has 3 rings (SSSR count). The van der Waals surface area contributed by atoms with Crippen molar-refractivity contribution in [3.63, 3.8) is 0 Å². The quantitative estimate of drug-likeness (QED) is 0.577. The summed E-state index contributed by atoms with van der Waals surface area (Å²) in [6.45, 7) is 9.54. The SMILES string of the molecule is CCN(CC)c1ccc(NC(=O)[C@H](C)Oc2ccc(=O)n(-c3ccc(F)cc3)n2)c(C)c1. The molecular formula is C24H27FN4O3. The van der Waals surface area contributed by atoms with Crippen molar-refractivity contribution >= 4 is 17.3 Å². The van der Waals surface area contributed by atoms with Crippen LogP contribution in [0.5, 0.6) is 5.88 Å². The molecule has 0 unspecified atom stereocenters. The van der Waals surface area contributed by atoms with Crippen molar-refractivity contribution in [3.8, 4) is 11.6 Å². The van der Waals surface area contributed by atoms with E-state index in [1.165, 1.54) is 36.4 Å². The number of hydrogen-bond acceptors (Lipinski definition) is 5. The predicted molar refractivity (Wildman–Crippen MR) is 123 cm³/mol. The lowest BCUT2D eigenvalue weighted by Crippen LogP contribution is -2.31. The summed E-state index contributed by atoms with van der Waals surface area (Å²) in [5.74, 6) is -0.657. The minimum Gasteiger partial charge on any atom is -0.463 e. The number of aryl methyl sites for hydroxylation is 1. The van der Waals surface area contributed by atoms with Gasteiger partial charge in [0.05, 0.1) is 5.69 Å². The average molecular weight is 439 g/mol. The van der Waals surface area contributed by atoms with Crippen molar-refractivity contribution < 1.29 is 13.9 Å². The third kappa shape index (κ3) is 5.32. The second-order valence-electron chi connectivity index (χ2n) is 7.32. The van der Waals surface area contributed by atoms with Gasteiger partial charge in [0.1, 0.15) is 5.82 Å².